The summed E-state index contributed by atoms with van der Waals surface area (Å²) >= 11 is 0. The molecule has 0 bridgehead atoms. The number of carbonyl (C=O) groups excluding carboxylic acids is 1. The number of amides is 1. The van der Waals surface area contributed by atoms with Crippen LogP contribution in [0.25, 0.3) is 11.5 Å². The Morgan fingerprint density at radius 3 is 2.54 bits per heavy atom. The molecule has 0 atom stereocenters. The third-order valence-electron chi connectivity index (χ3n) is 4.38. The molecule has 1 saturated carbocycles. The quantitative estimate of drug-likeness (QED) is 0.900. The summed E-state index contributed by atoms with van der Waals surface area (Å²) in [7, 11) is 1.61. The van der Waals surface area contributed by atoms with Gasteiger partial charge in [-0.2, -0.15) is 0 Å². The van der Waals surface area contributed by atoms with Gasteiger partial charge in [-0.3, -0.25) is 4.79 Å². The summed E-state index contributed by atoms with van der Waals surface area (Å²) in [4.78, 5) is 16.8. The van der Waals surface area contributed by atoms with E-state index < -0.39 is 0 Å². The summed E-state index contributed by atoms with van der Waals surface area (Å²) in [6, 6.07) is 7.41. The van der Waals surface area contributed by atoms with E-state index in [1.165, 1.54) is 0 Å². The third kappa shape index (κ3) is 3.59. The molecule has 1 fully saturated rings. The van der Waals surface area contributed by atoms with E-state index in [9.17, 15) is 9.90 Å². The number of carbonyl (C=O) groups is 1. The lowest BCUT2D eigenvalue weighted by atomic mass is 9.93. The molecule has 24 heavy (non-hydrogen) atoms. The van der Waals surface area contributed by atoms with Crippen LogP contribution < -0.4 is 10.1 Å². The summed E-state index contributed by atoms with van der Waals surface area (Å²) < 4.78 is 10.8. The Morgan fingerprint density at radius 1 is 1.25 bits per heavy atom. The minimum absolute atomic E-state index is 0.0847. The number of oxazole rings is 1. The molecule has 1 aromatic carbocycles. The number of rotatable bonds is 4. The molecule has 6 heteroatoms. The van der Waals surface area contributed by atoms with Crippen LogP contribution in [-0.4, -0.2) is 35.3 Å². The lowest BCUT2D eigenvalue weighted by Gasteiger charge is -2.25. The van der Waals surface area contributed by atoms with Gasteiger partial charge in [-0.05, 0) is 56.9 Å². The van der Waals surface area contributed by atoms with Crippen molar-refractivity contribution in [2.24, 2.45) is 0 Å². The summed E-state index contributed by atoms with van der Waals surface area (Å²) in [5.74, 6) is 1.44. The van der Waals surface area contributed by atoms with Crippen molar-refractivity contribution in [1.82, 2.24) is 10.3 Å². The van der Waals surface area contributed by atoms with Crippen LogP contribution in [0.4, 0.5) is 0 Å². The van der Waals surface area contributed by atoms with Gasteiger partial charge in [-0.15, -0.1) is 0 Å². The Hall–Kier alpha value is -2.34. The highest BCUT2D eigenvalue weighted by Crippen LogP contribution is 2.24. The fourth-order valence-corrected chi connectivity index (χ4v) is 2.94. The number of nitrogens with zero attached hydrogens (tertiary/aromatic N) is 1. The molecule has 1 aliphatic rings. The van der Waals surface area contributed by atoms with Gasteiger partial charge in [0.05, 0.1) is 13.2 Å². The molecular weight excluding hydrogens is 308 g/mol. The number of aliphatic hydroxyl groups is 1. The molecule has 2 N–H and O–H groups in total. The number of ether oxygens (including phenoxy) is 1. The van der Waals surface area contributed by atoms with Gasteiger partial charge in [0.25, 0.3) is 5.91 Å². The number of benzene rings is 1. The first-order valence-electron chi connectivity index (χ1n) is 8.17. The molecule has 0 saturated heterocycles. The van der Waals surface area contributed by atoms with Gasteiger partial charge >= 0.3 is 0 Å². The molecule has 0 radical (unpaired) electrons. The zero-order valence-corrected chi connectivity index (χ0v) is 13.9. The number of aliphatic hydroxyl groups excluding tert-OH is 1. The lowest BCUT2D eigenvalue weighted by molar-refractivity contribution is 0.0862. The highest BCUT2D eigenvalue weighted by molar-refractivity contribution is 5.93. The van der Waals surface area contributed by atoms with Crippen LogP contribution in [-0.2, 0) is 0 Å². The number of hydrogen-bond donors (Lipinski definition) is 2. The maximum absolute atomic E-state index is 12.4. The summed E-state index contributed by atoms with van der Waals surface area (Å²) in [6.07, 6.45) is 2.78. The summed E-state index contributed by atoms with van der Waals surface area (Å²) in [6.45, 7) is 1.74. The number of methoxy groups -OCH3 is 1. The predicted octanol–water partition coefficient (Wildman–Crippen LogP) is 2.69. The Morgan fingerprint density at radius 2 is 1.92 bits per heavy atom. The van der Waals surface area contributed by atoms with Gasteiger partial charge in [-0.1, -0.05) is 0 Å². The number of aryl methyl sites for hydroxylation is 1. The second-order valence-electron chi connectivity index (χ2n) is 6.13. The van der Waals surface area contributed by atoms with E-state index in [-0.39, 0.29) is 18.1 Å². The van der Waals surface area contributed by atoms with Crippen LogP contribution >= 0.6 is 0 Å². The van der Waals surface area contributed by atoms with E-state index in [0.717, 1.165) is 37.0 Å². The van der Waals surface area contributed by atoms with Gasteiger partial charge < -0.3 is 19.6 Å². The highest BCUT2D eigenvalue weighted by Gasteiger charge is 2.24. The fraction of sp³-hybridized carbons (Fsp3) is 0.444. The van der Waals surface area contributed by atoms with E-state index >= 15 is 0 Å². The second kappa shape index (κ2) is 7.05. The molecule has 3 rings (SSSR count). The van der Waals surface area contributed by atoms with Gasteiger partial charge in [0, 0.05) is 11.6 Å². The Bertz CT molecular complexity index is 700. The fourth-order valence-electron chi connectivity index (χ4n) is 2.94. The average Bonchev–Trinajstić information content (AvgIpc) is 2.99. The largest absolute Gasteiger partial charge is 0.497 e. The molecule has 0 aliphatic heterocycles. The van der Waals surface area contributed by atoms with E-state index in [2.05, 4.69) is 10.3 Å². The molecule has 128 valence electrons. The summed E-state index contributed by atoms with van der Waals surface area (Å²) in [5, 5.41) is 12.5. The van der Waals surface area contributed by atoms with Crippen LogP contribution in [0.5, 0.6) is 5.75 Å². The first kappa shape index (κ1) is 16.5. The molecule has 0 unspecified atom stereocenters. The molecule has 0 spiro atoms. The van der Waals surface area contributed by atoms with Gasteiger partial charge in [0.15, 0.2) is 5.69 Å². The molecule has 1 aliphatic carbocycles. The normalized spacial score (nSPS) is 20.6. The SMILES string of the molecule is COc1ccc(-c2nc(C(=O)NC3CCC(O)CC3)c(C)o2)cc1. The maximum atomic E-state index is 12.4. The number of hydrogen-bond acceptors (Lipinski definition) is 5. The first-order chi connectivity index (χ1) is 11.6. The van der Waals surface area contributed by atoms with Crippen molar-refractivity contribution < 1.29 is 19.1 Å². The topological polar surface area (TPSA) is 84.6 Å². The van der Waals surface area contributed by atoms with Crippen LogP contribution in [0.1, 0.15) is 41.9 Å². The number of nitrogens with one attached hydrogen (secondary N) is 1. The van der Waals surface area contributed by atoms with Crippen molar-refractivity contribution >= 4 is 5.91 Å². The Labute approximate surface area is 140 Å². The standard InChI is InChI=1S/C18H22N2O4/c1-11-16(17(22)19-13-5-7-14(21)8-6-13)20-18(24-11)12-3-9-15(23-2)10-4-12/h3-4,9-10,13-14,21H,5-8H2,1-2H3,(H,19,22). The minimum Gasteiger partial charge on any atom is -0.497 e. The van der Waals surface area contributed by atoms with Crippen molar-refractivity contribution in [2.75, 3.05) is 7.11 Å². The van der Waals surface area contributed by atoms with Gasteiger partial charge in [-0.25, -0.2) is 4.98 Å². The average molecular weight is 330 g/mol. The molecule has 6 nitrogen and oxygen atoms in total. The smallest absolute Gasteiger partial charge is 0.273 e. The van der Waals surface area contributed by atoms with E-state index in [0.29, 0.717) is 17.3 Å². The molecule has 2 aromatic rings. The zero-order valence-electron chi connectivity index (χ0n) is 13.9. The molecular formula is C18H22N2O4. The predicted molar refractivity (Wildman–Crippen MR) is 89.0 cm³/mol. The molecule has 1 aromatic heterocycles. The van der Waals surface area contributed by atoms with Gasteiger partial charge in [0.1, 0.15) is 11.5 Å². The van der Waals surface area contributed by atoms with Crippen molar-refractivity contribution in [3.05, 3.63) is 35.7 Å². The Balaban J connectivity index is 1.72. The Kier molecular flexibility index (Phi) is 4.85. The first-order valence-corrected chi connectivity index (χ1v) is 8.17. The van der Waals surface area contributed by atoms with Crippen molar-refractivity contribution in [1.29, 1.82) is 0 Å². The van der Waals surface area contributed by atoms with Crippen molar-refractivity contribution in [3.8, 4) is 17.2 Å². The van der Waals surface area contributed by atoms with E-state index in [4.69, 9.17) is 9.15 Å². The monoisotopic (exact) mass is 330 g/mol. The van der Waals surface area contributed by atoms with Gasteiger partial charge in [0.2, 0.25) is 5.89 Å². The second-order valence-corrected chi connectivity index (χ2v) is 6.13. The van der Waals surface area contributed by atoms with Crippen LogP contribution in [0.15, 0.2) is 28.7 Å². The minimum atomic E-state index is -0.242. The van der Waals surface area contributed by atoms with E-state index in [1.54, 1.807) is 14.0 Å². The third-order valence-corrected chi connectivity index (χ3v) is 4.38. The van der Waals surface area contributed by atoms with Crippen molar-refractivity contribution in [2.45, 2.75) is 44.8 Å². The van der Waals surface area contributed by atoms with Crippen LogP contribution in [0.3, 0.4) is 0 Å². The molecule has 1 heterocycles. The van der Waals surface area contributed by atoms with Crippen molar-refractivity contribution in [3.63, 3.8) is 0 Å². The van der Waals surface area contributed by atoms with Crippen LogP contribution in [0, 0.1) is 6.92 Å². The maximum Gasteiger partial charge on any atom is 0.273 e. The number of aromatic nitrogens is 1. The molecule has 1 amide bonds. The highest BCUT2D eigenvalue weighted by atomic mass is 16.5. The lowest BCUT2D eigenvalue weighted by Crippen LogP contribution is -2.38. The van der Waals surface area contributed by atoms with Crippen LogP contribution in [0.2, 0.25) is 0 Å². The zero-order chi connectivity index (χ0) is 17.1. The summed E-state index contributed by atoms with van der Waals surface area (Å²) in [5.41, 5.74) is 1.10. The van der Waals surface area contributed by atoms with E-state index in [1.807, 2.05) is 24.3 Å².